The van der Waals surface area contributed by atoms with Crippen molar-refractivity contribution in [3.63, 3.8) is 0 Å². The van der Waals surface area contributed by atoms with Crippen LogP contribution in [0.15, 0.2) is 0 Å². The van der Waals surface area contributed by atoms with Gasteiger partial charge in [0.1, 0.15) is 0 Å². The minimum absolute atomic E-state index is 0.493. The van der Waals surface area contributed by atoms with E-state index in [2.05, 4.69) is 6.92 Å². The lowest BCUT2D eigenvalue weighted by Gasteiger charge is -2.16. The van der Waals surface area contributed by atoms with E-state index in [9.17, 15) is 4.79 Å². The summed E-state index contributed by atoms with van der Waals surface area (Å²) in [6, 6.07) is 0. The van der Waals surface area contributed by atoms with Crippen LogP contribution in [0.5, 0.6) is 0 Å². The number of unbranched alkanes of at least 4 members (excludes halogenated alkanes) is 5. The van der Waals surface area contributed by atoms with Crippen molar-refractivity contribution in [3.05, 3.63) is 0 Å². The van der Waals surface area contributed by atoms with Gasteiger partial charge in [0.15, 0.2) is 0 Å². The SMILES string of the molecule is CCCCCCCCOC(=O)O[Si](C)(C)C. The first-order valence-electron chi connectivity index (χ1n) is 6.31. The van der Waals surface area contributed by atoms with Gasteiger partial charge in [0.25, 0.3) is 8.32 Å². The van der Waals surface area contributed by atoms with Crippen molar-refractivity contribution >= 4 is 14.5 Å². The van der Waals surface area contributed by atoms with E-state index in [1.54, 1.807) is 0 Å². The van der Waals surface area contributed by atoms with Crippen LogP contribution < -0.4 is 0 Å². The van der Waals surface area contributed by atoms with Crippen molar-refractivity contribution in [3.8, 4) is 0 Å². The Morgan fingerprint density at radius 1 is 1.00 bits per heavy atom. The zero-order valence-electron chi connectivity index (χ0n) is 11.2. The number of carbonyl (C=O) groups excluding carboxylic acids is 1. The van der Waals surface area contributed by atoms with E-state index < -0.39 is 14.5 Å². The van der Waals surface area contributed by atoms with Crippen molar-refractivity contribution in [2.75, 3.05) is 6.61 Å². The van der Waals surface area contributed by atoms with Gasteiger partial charge >= 0.3 is 6.16 Å². The third kappa shape index (κ3) is 11.6. The summed E-state index contributed by atoms with van der Waals surface area (Å²) in [5, 5.41) is 0. The molecule has 0 saturated carbocycles. The van der Waals surface area contributed by atoms with Crippen LogP contribution in [-0.2, 0) is 9.16 Å². The quantitative estimate of drug-likeness (QED) is 0.363. The molecule has 0 saturated heterocycles. The Balaban J connectivity index is 3.28. The minimum Gasteiger partial charge on any atom is -0.490 e. The van der Waals surface area contributed by atoms with Gasteiger partial charge in [0.05, 0.1) is 6.61 Å². The first-order chi connectivity index (χ1) is 7.45. The topological polar surface area (TPSA) is 35.5 Å². The molecule has 0 bridgehead atoms. The smallest absolute Gasteiger partial charge is 0.490 e. The largest absolute Gasteiger partial charge is 0.494 e. The van der Waals surface area contributed by atoms with Crippen molar-refractivity contribution in [1.82, 2.24) is 0 Å². The highest BCUT2D eigenvalue weighted by molar-refractivity contribution is 6.71. The van der Waals surface area contributed by atoms with E-state index in [0.29, 0.717) is 6.61 Å². The highest BCUT2D eigenvalue weighted by Gasteiger charge is 2.20. The van der Waals surface area contributed by atoms with Gasteiger partial charge in [-0.05, 0) is 26.1 Å². The van der Waals surface area contributed by atoms with Crippen LogP contribution in [0.4, 0.5) is 4.79 Å². The van der Waals surface area contributed by atoms with E-state index in [4.69, 9.17) is 9.16 Å². The van der Waals surface area contributed by atoms with Gasteiger partial charge in [-0.25, -0.2) is 4.79 Å². The van der Waals surface area contributed by atoms with Crippen molar-refractivity contribution in [2.24, 2.45) is 0 Å². The third-order valence-corrected chi connectivity index (χ3v) is 2.89. The average molecular weight is 246 g/mol. The van der Waals surface area contributed by atoms with Gasteiger partial charge in [-0.15, -0.1) is 0 Å². The highest BCUT2D eigenvalue weighted by Crippen LogP contribution is 2.07. The molecule has 0 spiro atoms. The molecule has 0 heterocycles. The number of ether oxygens (including phenoxy) is 1. The molecule has 0 aromatic heterocycles. The van der Waals surface area contributed by atoms with Crippen LogP contribution in [0.3, 0.4) is 0 Å². The summed E-state index contributed by atoms with van der Waals surface area (Å²) >= 11 is 0. The fourth-order valence-electron chi connectivity index (χ4n) is 1.32. The number of hydrogen-bond acceptors (Lipinski definition) is 3. The predicted molar refractivity (Wildman–Crippen MR) is 69.2 cm³/mol. The predicted octanol–water partition coefficient (Wildman–Crippen LogP) is 4.34. The summed E-state index contributed by atoms with van der Waals surface area (Å²) in [6.45, 7) is 8.61. The lowest BCUT2D eigenvalue weighted by atomic mass is 10.1. The fraction of sp³-hybridized carbons (Fsp3) is 0.917. The van der Waals surface area contributed by atoms with Crippen LogP contribution in [0.1, 0.15) is 45.4 Å². The van der Waals surface area contributed by atoms with Gasteiger partial charge in [0.2, 0.25) is 0 Å². The highest BCUT2D eigenvalue weighted by atomic mass is 28.4. The Morgan fingerprint density at radius 3 is 2.12 bits per heavy atom. The Morgan fingerprint density at radius 2 is 1.56 bits per heavy atom. The molecule has 0 aliphatic heterocycles. The zero-order chi connectivity index (χ0) is 12.4. The normalized spacial score (nSPS) is 11.2. The summed E-state index contributed by atoms with van der Waals surface area (Å²) in [6.07, 6.45) is 6.69. The van der Waals surface area contributed by atoms with Crippen LogP contribution in [0.25, 0.3) is 0 Å². The molecule has 0 rings (SSSR count). The monoisotopic (exact) mass is 246 g/mol. The molecule has 0 radical (unpaired) electrons. The van der Waals surface area contributed by atoms with Crippen LogP contribution in [0, 0.1) is 0 Å². The molecule has 0 aromatic rings. The lowest BCUT2D eigenvalue weighted by Crippen LogP contribution is -2.29. The molecule has 4 heteroatoms. The van der Waals surface area contributed by atoms with Gasteiger partial charge in [-0.3, -0.25) is 0 Å². The van der Waals surface area contributed by atoms with Gasteiger partial charge in [-0.2, -0.15) is 0 Å². The molecule has 3 nitrogen and oxygen atoms in total. The third-order valence-electron chi connectivity index (χ3n) is 2.11. The first-order valence-corrected chi connectivity index (χ1v) is 9.72. The number of hydrogen-bond donors (Lipinski definition) is 0. The molecule has 0 aliphatic carbocycles. The van der Waals surface area contributed by atoms with Crippen molar-refractivity contribution < 1.29 is 14.0 Å². The summed E-state index contributed by atoms with van der Waals surface area (Å²) in [5.74, 6) is 0. The second-order valence-electron chi connectivity index (χ2n) is 5.08. The lowest BCUT2D eigenvalue weighted by molar-refractivity contribution is 0.0953. The molecular formula is C12H26O3Si. The summed E-state index contributed by atoms with van der Waals surface area (Å²) in [5.41, 5.74) is 0. The molecule has 0 aromatic carbocycles. The molecule has 0 unspecified atom stereocenters. The van der Waals surface area contributed by atoms with E-state index in [-0.39, 0.29) is 0 Å². The van der Waals surface area contributed by atoms with Crippen LogP contribution in [-0.4, -0.2) is 21.1 Å². The minimum atomic E-state index is -1.78. The average Bonchev–Trinajstić information content (AvgIpc) is 2.13. The van der Waals surface area contributed by atoms with Gasteiger partial charge in [-0.1, -0.05) is 39.0 Å². The standard InChI is InChI=1S/C12H26O3Si/c1-5-6-7-8-9-10-11-14-12(13)15-16(2,3)4/h5-11H2,1-4H3. The van der Waals surface area contributed by atoms with Crippen molar-refractivity contribution in [1.29, 1.82) is 0 Å². The molecular weight excluding hydrogens is 220 g/mol. The summed E-state index contributed by atoms with van der Waals surface area (Å²) in [4.78, 5) is 11.2. The maximum Gasteiger partial charge on any atom is 0.494 e. The van der Waals surface area contributed by atoms with Gasteiger partial charge in [0, 0.05) is 0 Å². The van der Waals surface area contributed by atoms with E-state index in [0.717, 1.165) is 12.8 Å². The molecule has 16 heavy (non-hydrogen) atoms. The number of rotatable bonds is 8. The van der Waals surface area contributed by atoms with Crippen LogP contribution in [0.2, 0.25) is 19.6 Å². The molecule has 0 aliphatic rings. The molecule has 0 atom stereocenters. The molecule has 0 N–H and O–H groups in total. The molecule has 0 amide bonds. The Hall–Kier alpha value is -0.513. The summed E-state index contributed by atoms with van der Waals surface area (Å²) < 4.78 is 10.2. The zero-order valence-corrected chi connectivity index (χ0v) is 12.2. The van der Waals surface area contributed by atoms with Gasteiger partial charge < -0.3 is 9.16 Å². The summed E-state index contributed by atoms with van der Waals surface area (Å²) in [7, 11) is -1.78. The second kappa shape index (κ2) is 8.62. The fourth-order valence-corrected chi connectivity index (χ4v) is 1.88. The first kappa shape index (κ1) is 15.5. The maximum absolute atomic E-state index is 11.2. The van der Waals surface area contributed by atoms with E-state index in [1.807, 2.05) is 19.6 Å². The Kier molecular flexibility index (Phi) is 8.34. The van der Waals surface area contributed by atoms with Crippen LogP contribution >= 0.6 is 0 Å². The molecule has 0 fully saturated rings. The Bertz CT molecular complexity index is 187. The second-order valence-corrected chi connectivity index (χ2v) is 9.51. The Labute approximate surface area is 101 Å². The maximum atomic E-state index is 11.2. The number of carbonyl (C=O) groups is 1. The van der Waals surface area contributed by atoms with Crippen molar-refractivity contribution in [2.45, 2.75) is 65.1 Å². The van der Waals surface area contributed by atoms with E-state index in [1.165, 1.54) is 25.7 Å². The van der Waals surface area contributed by atoms with E-state index >= 15 is 0 Å². The molecule has 96 valence electrons.